The molecule has 1 aromatic heterocycles. The number of hydrogen-bond acceptors (Lipinski definition) is 3. The van der Waals surface area contributed by atoms with Crippen molar-refractivity contribution in [3.63, 3.8) is 0 Å². The molecule has 21 heavy (non-hydrogen) atoms. The van der Waals surface area contributed by atoms with Gasteiger partial charge in [0, 0.05) is 5.56 Å². The number of alkyl halides is 3. The van der Waals surface area contributed by atoms with Crippen molar-refractivity contribution in [1.29, 1.82) is 0 Å². The highest BCUT2D eigenvalue weighted by atomic mass is 35.5. The first kappa shape index (κ1) is 15.9. The van der Waals surface area contributed by atoms with E-state index in [9.17, 15) is 13.2 Å². The monoisotopic (exact) mass is 335 g/mol. The summed E-state index contributed by atoms with van der Waals surface area (Å²) >= 11 is 11.9. The second-order valence-electron chi connectivity index (χ2n) is 4.16. The number of rotatable bonds is 3. The zero-order valence-corrected chi connectivity index (χ0v) is 12.3. The first-order valence-electron chi connectivity index (χ1n) is 5.96. The molecule has 0 atom stereocenters. The van der Waals surface area contributed by atoms with Crippen LogP contribution in [0.25, 0.3) is 0 Å². The van der Waals surface area contributed by atoms with Crippen LogP contribution < -0.4 is 5.32 Å². The molecule has 2 rings (SSSR count). The fraction of sp³-hybridized carbons (Fsp3) is 0.231. The van der Waals surface area contributed by atoms with E-state index in [-0.39, 0.29) is 15.9 Å². The Labute approximate surface area is 129 Å². The number of aromatic nitrogens is 2. The van der Waals surface area contributed by atoms with E-state index in [0.717, 1.165) is 12.1 Å². The van der Waals surface area contributed by atoms with Crippen LogP contribution in [0.3, 0.4) is 0 Å². The minimum Gasteiger partial charge on any atom is -0.339 e. The van der Waals surface area contributed by atoms with Crippen molar-refractivity contribution in [3.05, 3.63) is 45.8 Å². The Kier molecular flexibility index (Phi) is 4.58. The second kappa shape index (κ2) is 6.07. The summed E-state index contributed by atoms with van der Waals surface area (Å²) in [4.78, 5) is 7.82. The maximum absolute atomic E-state index is 12.7. The van der Waals surface area contributed by atoms with E-state index in [1.807, 2.05) is 6.92 Å². The van der Waals surface area contributed by atoms with Crippen LogP contribution in [0, 0.1) is 0 Å². The van der Waals surface area contributed by atoms with E-state index < -0.39 is 11.7 Å². The van der Waals surface area contributed by atoms with Crippen molar-refractivity contribution in [2.45, 2.75) is 19.5 Å². The topological polar surface area (TPSA) is 37.8 Å². The third-order valence-electron chi connectivity index (χ3n) is 2.79. The first-order valence-corrected chi connectivity index (χ1v) is 6.71. The lowest BCUT2D eigenvalue weighted by Gasteiger charge is -2.14. The summed E-state index contributed by atoms with van der Waals surface area (Å²) in [6, 6.07) is 3.03. The number of halogens is 5. The number of nitrogens with zero attached hydrogens (tertiary/aromatic N) is 2. The molecule has 0 saturated heterocycles. The molecule has 112 valence electrons. The molecule has 3 nitrogen and oxygen atoms in total. The van der Waals surface area contributed by atoms with Crippen molar-refractivity contribution in [1.82, 2.24) is 9.97 Å². The number of hydrogen-bond donors (Lipinski definition) is 1. The lowest BCUT2D eigenvalue weighted by Crippen LogP contribution is -2.06. The number of nitrogens with one attached hydrogen (secondary N) is 1. The van der Waals surface area contributed by atoms with E-state index in [2.05, 4.69) is 15.3 Å². The Morgan fingerprint density at radius 2 is 1.90 bits per heavy atom. The summed E-state index contributed by atoms with van der Waals surface area (Å²) in [6.07, 6.45) is -2.69. The van der Waals surface area contributed by atoms with Crippen LogP contribution >= 0.6 is 23.2 Å². The molecule has 1 aromatic carbocycles. The summed E-state index contributed by atoms with van der Waals surface area (Å²) in [6.45, 7) is 1.84. The first-order chi connectivity index (χ1) is 9.82. The van der Waals surface area contributed by atoms with E-state index in [1.165, 1.54) is 12.4 Å². The van der Waals surface area contributed by atoms with Crippen LogP contribution in [-0.4, -0.2) is 9.97 Å². The molecule has 2 aromatic rings. The molecule has 0 amide bonds. The van der Waals surface area contributed by atoms with Gasteiger partial charge < -0.3 is 5.32 Å². The lowest BCUT2D eigenvalue weighted by molar-refractivity contribution is -0.137. The fourth-order valence-electron chi connectivity index (χ4n) is 1.74. The summed E-state index contributed by atoms with van der Waals surface area (Å²) in [5, 5.41) is 3.18. The zero-order chi connectivity index (χ0) is 15.6. The van der Waals surface area contributed by atoms with Gasteiger partial charge in [0.15, 0.2) is 0 Å². The molecule has 0 saturated carbocycles. The van der Waals surface area contributed by atoms with Crippen LogP contribution in [0.4, 0.5) is 24.7 Å². The molecular formula is C13H10Cl2F3N3. The largest absolute Gasteiger partial charge is 0.416 e. The van der Waals surface area contributed by atoms with Crippen molar-refractivity contribution in [3.8, 4) is 0 Å². The van der Waals surface area contributed by atoms with E-state index in [4.69, 9.17) is 23.2 Å². The Morgan fingerprint density at radius 1 is 1.19 bits per heavy atom. The summed E-state index contributed by atoms with van der Waals surface area (Å²) in [5.41, 5.74) is -0.0868. The average molecular weight is 336 g/mol. The Morgan fingerprint density at radius 3 is 2.52 bits per heavy atom. The van der Waals surface area contributed by atoms with Gasteiger partial charge in [0.25, 0.3) is 0 Å². The smallest absolute Gasteiger partial charge is 0.339 e. The van der Waals surface area contributed by atoms with Crippen LogP contribution in [-0.2, 0) is 12.6 Å². The molecular weight excluding hydrogens is 326 g/mol. The van der Waals surface area contributed by atoms with Gasteiger partial charge in [0.2, 0.25) is 0 Å². The quantitative estimate of drug-likeness (QED) is 0.792. The summed E-state index contributed by atoms with van der Waals surface area (Å²) in [5.74, 6) is 0.332. The van der Waals surface area contributed by atoms with E-state index >= 15 is 0 Å². The maximum atomic E-state index is 12.7. The third kappa shape index (κ3) is 3.57. The molecule has 1 heterocycles. The molecule has 0 radical (unpaired) electrons. The van der Waals surface area contributed by atoms with Crippen molar-refractivity contribution >= 4 is 34.7 Å². The Hall–Kier alpha value is -1.53. The van der Waals surface area contributed by atoms with E-state index in [0.29, 0.717) is 17.8 Å². The summed E-state index contributed by atoms with van der Waals surface area (Å²) in [7, 11) is 0. The highest BCUT2D eigenvalue weighted by Gasteiger charge is 2.31. The molecule has 0 aliphatic rings. The molecule has 1 N–H and O–H groups in total. The molecule has 8 heteroatoms. The molecule has 0 fully saturated rings. The lowest BCUT2D eigenvalue weighted by atomic mass is 10.2. The predicted molar refractivity (Wildman–Crippen MR) is 76.2 cm³/mol. The van der Waals surface area contributed by atoms with E-state index in [1.54, 1.807) is 0 Å². The van der Waals surface area contributed by atoms with Gasteiger partial charge in [-0.3, -0.25) is 0 Å². The standard InChI is InChI=1S/C13H10Cl2F3N3/c1-2-8-11(15)19-6-20-12(8)21-10-5-7(13(16,17)18)3-4-9(10)14/h3-6H,2H2,1H3,(H,19,20,21). The number of benzene rings is 1. The predicted octanol–water partition coefficient (Wildman–Crippen LogP) is 5.11. The summed E-state index contributed by atoms with van der Waals surface area (Å²) < 4.78 is 38.2. The van der Waals surface area contributed by atoms with Gasteiger partial charge in [-0.25, -0.2) is 9.97 Å². The van der Waals surface area contributed by atoms with Gasteiger partial charge in [-0.1, -0.05) is 30.1 Å². The van der Waals surface area contributed by atoms with Gasteiger partial charge in [-0.2, -0.15) is 13.2 Å². The molecule has 0 spiro atoms. The second-order valence-corrected chi connectivity index (χ2v) is 4.93. The highest BCUT2D eigenvalue weighted by Crippen LogP contribution is 2.35. The molecule has 0 aliphatic heterocycles. The zero-order valence-electron chi connectivity index (χ0n) is 10.8. The fourth-order valence-corrected chi connectivity index (χ4v) is 2.17. The van der Waals surface area contributed by atoms with Crippen molar-refractivity contribution in [2.24, 2.45) is 0 Å². The van der Waals surface area contributed by atoms with Crippen LogP contribution in [0.2, 0.25) is 10.2 Å². The van der Waals surface area contributed by atoms with Crippen molar-refractivity contribution < 1.29 is 13.2 Å². The van der Waals surface area contributed by atoms with Gasteiger partial charge >= 0.3 is 6.18 Å². The molecule has 0 unspecified atom stereocenters. The van der Waals surface area contributed by atoms with Crippen LogP contribution in [0.1, 0.15) is 18.1 Å². The Bertz CT molecular complexity index is 660. The minimum absolute atomic E-state index is 0.107. The van der Waals surface area contributed by atoms with Crippen LogP contribution in [0.15, 0.2) is 24.5 Å². The SMILES string of the molecule is CCc1c(Cl)ncnc1Nc1cc(C(F)(F)F)ccc1Cl. The van der Waals surface area contributed by atoms with Gasteiger partial charge in [-0.05, 0) is 24.6 Å². The Balaban J connectivity index is 2.42. The normalized spacial score (nSPS) is 11.5. The third-order valence-corrected chi connectivity index (χ3v) is 3.45. The molecule has 0 aliphatic carbocycles. The molecule has 0 bridgehead atoms. The van der Waals surface area contributed by atoms with Gasteiger partial charge in [0.1, 0.15) is 17.3 Å². The maximum Gasteiger partial charge on any atom is 0.416 e. The van der Waals surface area contributed by atoms with Gasteiger partial charge in [0.05, 0.1) is 16.3 Å². The number of anilines is 2. The van der Waals surface area contributed by atoms with Crippen LogP contribution in [0.5, 0.6) is 0 Å². The minimum atomic E-state index is -4.45. The highest BCUT2D eigenvalue weighted by molar-refractivity contribution is 6.33. The van der Waals surface area contributed by atoms with Gasteiger partial charge in [-0.15, -0.1) is 0 Å². The van der Waals surface area contributed by atoms with Crippen molar-refractivity contribution in [2.75, 3.05) is 5.32 Å². The average Bonchev–Trinajstić information content (AvgIpc) is 2.40.